The fourth-order valence-electron chi connectivity index (χ4n) is 7.40. The highest BCUT2D eigenvalue weighted by Crippen LogP contribution is 2.67. The van der Waals surface area contributed by atoms with E-state index in [1.165, 1.54) is 82.4 Å². The number of ether oxygens (including phenoxy) is 1. The fraction of sp³-hybridized carbons (Fsp3) is 0.286. The minimum Gasteiger partial charge on any atom is -0.443 e. The Labute approximate surface area is 332 Å². The average molecular weight is 824 g/mol. The van der Waals surface area contributed by atoms with Crippen LogP contribution in [0.1, 0.15) is 73.5 Å². The van der Waals surface area contributed by atoms with Gasteiger partial charge in [0.15, 0.2) is 0 Å². The molecule has 4 heterocycles. The van der Waals surface area contributed by atoms with E-state index < -0.39 is 52.4 Å². The number of aromatic nitrogens is 1. The normalized spacial score (nSPS) is 17.1. The number of allylic oxidation sites excluding steroid dienone is 2. The van der Waals surface area contributed by atoms with Gasteiger partial charge in [-0.2, -0.15) is 26.3 Å². The van der Waals surface area contributed by atoms with Gasteiger partial charge >= 0.3 is 23.9 Å². The number of carbonyl (C=O) groups excluding carboxylic acids is 3. The molecule has 5 aromatic rings. The van der Waals surface area contributed by atoms with Gasteiger partial charge in [-0.1, -0.05) is 12.1 Å². The van der Waals surface area contributed by atoms with E-state index in [4.69, 9.17) is 4.74 Å². The van der Waals surface area contributed by atoms with Crippen LogP contribution < -0.4 is 4.90 Å². The van der Waals surface area contributed by atoms with Crippen molar-refractivity contribution < 1.29 is 45.5 Å². The summed E-state index contributed by atoms with van der Waals surface area (Å²) in [6.07, 6.45) is 2.17. The van der Waals surface area contributed by atoms with Crippen LogP contribution in [0.15, 0.2) is 67.0 Å². The van der Waals surface area contributed by atoms with Crippen LogP contribution in [0, 0.1) is 27.7 Å². The summed E-state index contributed by atoms with van der Waals surface area (Å²) in [6.45, 7) is 10.8. The highest BCUT2D eigenvalue weighted by molar-refractivity contribution is 7.16. The van der Waals surface area contributed by atoms with Gasteiger partial charge in [-0.25, -0.2) is 9.69 Å². The van der Waals surface area contributed by atoms with Crippen LogP contribution in [0.3, 0.4) is 0 Å². The first kappa shape index (κ1) is 39.9. The number of aryl methyl sites for hydroxylation is 2. The highest BCUT2D eigenvalue weighted by atomic mass is 32.1. The van der Waals surface area contributed by atoms with Crippen molar-refractivity contribution in [3.63, 3.8) is 0 Å². The Bertz CT molecular complexity index is 2540. The van der Waals surface area contributed by atoms with E-state index in [0.717, 1.165) is 27.6 Å². The lowest BCUT2D eigenvalue weighted by Gasteiger charge is -2.28. The molecule has 296 valence electrons. The smallest absolute Gasteiger partial charge is 0.419 e. The number of pyridine rings is 1. The van der Waals surface area contributed by atoms with Crippen molar-refractivity contribution in [1.82, 2.24) is 9.88 Å². The van der Waals surface area contributed by atoms with Gasteiger partial charge in [-0.3, -0.25) is 19.5 Å². The Morgan fingerprint density at radius 3 is 1.65 bits per heavy atom. The van der Waals surface area contributed by atoms with Crippen LogP contribution in [0.2, 0.25) is 0 Å². The molecular formula is C42H35F6N3O4S2. The maximum absolute atomic E-state index is 16.1. The van der Waals surface area contributed by atoms with Crippen LogP contribution in [0.25, 0.3) is 32.0 Å². The van der Waals surface area contributed by atoms with Crippen molar-refractivity contribution in [2.24, 2.45) is 0 Å². The summed E-state index contributed by atoms with van der Waals surface area (Å²) in [5.41, 5.74) is -2.43. The number of carbonyl (C=O) groups is 3. The third-order valence-electron chi connectivity index (χ3n) is 10.0. The van der Waals surface area contributed by atoms with E-state index in [0.29, 0.717) is 20.9 Å². The molecule has 2 aromatic carbocycles. The number of hydrogen-bond acceptors (Lipinski definition) is 7. The van der Waals surface area contributed by atoms with E-state index in [2.05, 4.69) is 4.98 Å². The quantitative estimate of drug-likeness (QED) is 0.126. The molecule has 3 amide bonds. The van der Waals surface area contributed by atoms with E-state index in [1.54, 1.807) is 45.0 Å². The molecule has 7 rings (SSSR count). The van der Waals surface area contributed by atoms with Gasteiger partial charge in [-0.05, 0) is 113 Å². The zero-order valence-corrected chi connectivity index (χ0v) is 33.5. The molecule has 1 aliphatic heterocycles. The second-order valence-corrected chi connectivity index (χ2v) is 17.4. The van der Waals surface area contributed by atoms with E-state index >= 15 is 26.3 Å². The second kappa shape index (κ2) is 13.4. The van der Waals surface area contributed by atoms with E-state index in [1.807, 2.05) is 0 Å². The molecule has 15 heteroatoms. The van der Waals surface area contributed by atoms with Crippen LogP contribution >= 0.6 is 22.7 Å². The Hall–Kier alpha value is -5.28. The molecular weight excluding hydrogens is 789 g/mol. The standard InChI is InChI=1S/C42H35F6N3O4S2/c1-20-30(32-33(41(45,46)42(47,48)40(32,43)44)31-21(2)35(57-23(31)4)25-15-17-49-18-16-25)22(3)56-34(20)24-9-11-26(12-10-24)51(38(54)55-39(5,6)7)27-13-14-28-29(19-27)37(53)50(8)36(28)52/h9-19H,1-8H3. The number of benzene rings is 2. The predicted molar refractivity (Wildman–Crippen MR) is 209 cm³/mol. The maximum Gasteiger partial charge on any atom is 0.419 e. The first-order chi connectivity index (χ1) is 26.5. The molecule has 0 N–H and O–H groups in total. The van der Waals surface area contributed by atoms with Crippen molar-refractivity contribution in [1.29, 1.82) is 0 Å². The molecule has 0 fully saturated rings. The third-order valence-corrected chi connectivity index (χ3v) is 12.6. The van der Waals surface area contributed by atoms with Gasteiger partial charge in [0.05, 0.1) is 22.5 Å². The number of rotatable bonds is 6. The molecule has 3 aromatic heterocycles. The van der Waals surface area contributed by atoms with Gasteiger partial charge in [0, 0.05) is 61.2 Å². The maximum atomic E-state index is 16.1. The Kier molecular flexibility index (Phi) is 9.39. The molecule has 0 spiro atoms. The summed E-state index contributed by atoms with van der Waals surface area (Å²) in [5, 5.41) is 0. The molecule has 1 aliphatic carbocycles. The van der Waals surface area contributed by atoms with Gasteiger partial charge in [0.1, 0.15) is 5.60 Å². The SMILES string of the molecule is Cc1sc(-c2ccncc2)c(C)c1C1=C(c2c(C)sc(-c3ccc(N(C(=O)OC(C)(C)C)c4ccc5c(c4)C(=O)N(C)C5=O)cc3)c2C)C(F)(F)C(F)(F)C1(F)F. The van der Waals surface area contributed by atoms with Crippen LogP contribution in [-0.4, -0.2) is 58.2 Å². The molecule has 0 bridgehead atoms. The molecule has 0 unspecified atom stereocenters. The van der Waals surface area contributed by atoms with Crippen molar-refractivity contribution in [2.75, 3.05) is 11.9 Å². The number of alkyl halides is 6. The van der Waals surface area contributed by atoms with Crippen molar-refractivity contribution in [3.05, 3.63) is 110 Å². The molecule has 0 saturated heterocycles. The number of nitrogens with zero attached hydrogens (tertiary/aromatic N) is 3. The lowest BCUT2D eigenvalue weighted by atomic mass is 9.90. The number of amides is 3. The number of imide groups is 1. The van der Waals surface area contributed by atoms with Crippen LogP contribution in [0.5, 0.6) is 0 Å². The Morgan fingerprint density at radius 2 is 1.16 bits per heavy atom. The lowest BCUT2D eigenvalue weighted by Crippen LogP contribution is -2.49. The summed E-state index contributed by atoms with van der Waals surface area (Å²) in [7, 11) is 1.35. The summed E-state index contributed by atoms with van der Waals surface area (Å²) in [4.78, 5) is 46.3. The first-order valence-corrected chi connectivity index (χ1v) is 19.2. The summed E-state index contributed by atoms with van der Waals surface area (Å²) in [6, 6.07) is 13.8. The third kappa shape index (κ3) is 6.08. The van der Waals surface area contributed by atoms with E-state index in [-0.39, 0.29) is 54.5 Å². The molecule has 7 nitrogen and oxygen atoms in total. The van der Waals surface area contributed by atoms with Crippen molar-refractivity contribution >= 4 is 63.1 Å². The van der Waals surface area contributed by atoms with Gasteiger partial charge < -0.3 is 4.74 Å². The molecule has 0 atom stereocenters. The van der Waals surface area contributed by atoms with Gasteiger partial charge in [0.25, 0.3) is 11.8 Å². The number of halogens is 6. The molecule has 0 saturated carbocycles. The van der Waals surface area contributed by atoms with Gasteiger partial charge in [-0.15, -0.1) is 22.7 Å². The fourth-order valence-corrected chi connectivity index (χ4v) is 9.75. The predicted octanol–water partition coefficient (Wildman–Crippen LogP) is 11.9. The Morgan fingerprint density at radius 1 is 0.702 bits per heavy atom. The molecule has 57 heavy (non-hydrogen) atoms. The Balaban J connectivity index is 1.35. The first-order valence-electron chi connectivity index (χ1n) is 17.6. The zero-order chi connectivity index (χ0) is 41.7. The van der Waals surface area contributed by atoms with Crippen LogP contribution in [-0.2, 0) is 4.74 Å². The number of fused-ring (bicyclic) bond motifs is 1. The minimum atomic E-state index is -5.74. The molecule has 2 aliphatic rings. The van der Waals surface area contributed by atoms with Gasteiger partial charge in [0.2, 0.25) is 0 Å². The number of thiophene rings is 2. The number of hydrogen-bond donors (Lipinski definition) is 0. The minimum absolute atomic E-state index is 0.0948. The lowest BCUT2D eigenvalue weighted by molar-refractivity contribution is -0.254. The monoisotopic (exact) mass is 823 g/mol. The number of anilines is 2. The van der Waals surface area contributed by atoms with Crippen LogP contribution in [0.4, 0.5) is 42.5 Å². The summed E-state index contributed by atoms with van der Waals surface area (Å²) >= 11 is 2.04. The largest absolute Gasteiger partial charge is 0.443 e. The van der Waals surface area contributed by atoms with Crippen molar-refractivity contribution in [2.45, 2.75) is 71.8 Å². The summed E-state index contributed by atoms with van der Waals surface area (Å²) in [5.74, 6) is -17.2. The van der Waals surface area contributed by atoms with Crippen molar-refractivity contribution in [3.8, 4) is 20.9 Å². The topological polar surface area (TPSA) is 79.8 Å². The average Bonchev–Trinajstić information content (AvgIpc) is 3.71. The second-order valence-electron chi connectivity index (χ2n) is 14.9. The van der Waals surface area contributed by atoms with E-state index in [9.17, 15) is 14.4 Å². The summed E-state index contributed by atoms with van der Waals surface area (Å²) < 4.78 is 101. The highest BCUT2D eigenvalue weighted by Gasteiger charge is 2.80. The zero-order valence-electron chi connectivity index (χ0n) is 31.9. The molecule has 0 radical (unpaired) electrons.